The van der Waals surface area contributed by atoms with Gasteiger partial charge in [0.05, 0.1) is 13.2 Å². The van der Waals surface area contributed by atoms with Gasteiger partial charge in [-0.25, -0.2) is 0 Å². The summed E-state index contributed by atoms with van der Waals surface area (Å²) in [5.74, 6) is 0. The van der Waals surface area contributed by atoms with E-state index in [0.29, 0.717) is 5.57 Å². The lowest BCUT2D eigenvalue weighted by Crippen LogP contribution is -1.97. The first-order chi connectivity index (χ1) is 3.72. The smallest absolute Gasteiger partial charge is 0.0666 e. The van der Waals surface area contributed by atoms with E-state index >= 15 is 0 Å². The summed E-state index contributed by atoms with van der Waals surface area (Å²) in [5, 5.41) is 17.0. The fraction of sp³-hybridized carbons (Fsp3) is 0.667. The highest BCUT2D eigenvalue weighted by atomic mass is 16.3. The van der Waals surface area contributed by atoms with Crippen LogP contribution in [0.3, 0.4) is 0 Å². The van der Waals surface area contributed by atoms with Crippen LogP contribution >= 0.6 is 0 Å². The van der Waals surface area contributed by atoms with Gasteiger partial charge in [-0.3, -0.25) is 0 Å². The maximum Gasteiger partial charge on any atom is 0.0666 e. The first-order valence-electron chi connectivity index (χ1n) is 2.59. The second-order valence-electron chi connectivity index (χ2n) is 1.92. The highest BCUT2D eigenvalue weighted by Gasteiger charge is 1.92. The van der Waals surface area contributed by atoms with Crippen LogP contribution in [-0.4, -0.2) is 23.4 Å². The maximum absolute atomic E-state index is 8.48. The molecule has 0 bridgehead atoms. The van der Waals surface area contributed by atoms with Crippen LogP contribution in [0, 0.1) is 0 Å². The molecule has 0 aromatic heterocycles. The highest BCUT2D eigenvalue weighted by Crippen LogP contribution is 1.98. The molecule has 0 saturated carbocycles. The molecule has 0 aromatic rings. The van der Waals surface area contributed by atoms with Gasteiger partial charge in [0.1, 0.15) is 0 Å². The zero-order valence-electron chi connectivity index (χ0n) is 5.31. The molecule has 48 valence electrons. The summed E-state index contributed by atoms with van der Waals surface area (Å²) in [6.45, 7) is 3.67. The lowest BCUT2D eigenvalue weighted by Gasteiger charge is -1.99. The van der Waals surface area contributed by atoms with Crippen molar-refractivity contribution in [1.29, 1.82) is 0 Å². The fourth-order valence-electron chi connectivity index (χ4n) is 0.366. The molecule has 0 heterocycles. The Morgan fingerprint density at radius 2 is 1.50 bits per heavy atom. The van der Waals surface area contributed by atoms with E-state index in [1.54, 1.807) is 0 Å². The minimum absolute atomic E-state index is 0.0289. The van der Waals surface area contributed by atoms with Gasteiger partial charge in [0, 0.05) is 0 Å². The molecular weight excluding hydrogens is 104 g/mol. The number of allylic oxidation sites excluding steroid dienone is 1. The molecule has 2 heteroatoms. The zero-order valence-corrected chi connectivity index (χ0v) is 5.31. The van der Waals surface area contributed by atoms with Crippen LogP contribution in [0.1, 0.15) is 13.8 Å². The minimum atomic E-state index is -0.0289. The van der Waals surface area contributed by atoms with E-state index in [9.17, 15) is 0 Å². The molecule has 0 fully saturated rings. The lowest BCUT2D eigenvalue weighted by molar-refractivity contribution is 0.274. The molecule has 0 amide bonds. The quantitative estimate of drug-likeness (QED) is 0.510. The Balaban J connectivity index is 3.86. The minimum Gasteiger partial charge on any atom is -0.392 e. The summed E-state index contributed by atoms with van der Waals surface area (Å²) in [6.07, 6.45) is 0. The Morgan fingerprint density at radius 3 is 1.50 bits per heavy atom. The number of aliphatic hydroxyl groups excluding tert-OH is 2. The molecule has 0 radical (unpaired) electrons. The van der Waals surface area contributed by atoms with Gasteiger partial charge < -0.3 is 10.2 Å². The molecule has 0 atom stereocenters. The van der Waals surface area contributed by atoms with Crippen molar-refractivity contribution in [3.05, 3.63) is 11.1 Å². The number of rotatable bonds is 2. The van der Waals surface area contributed by atoms with Gasteiger partial charge >= 0.3 is 0 Å². The molecular formula is C6H12O2. The average Bonchev–Trinajstić information content (AvgIpc) is 1.69. The monoisotopic (exact) mass is 116 g/mol. The molecule has 2 nitrogen and oxygen atoms in total. The van der Waals surface area contributed by atoms with Gasteiger partial charge in [-0.15, -0.1) is 0 Å². The van der Waals surface area contributed by atoms with Gasteiger partial charge in [-0.05, 0) is 19.4 Å². The molecule has 0 aliphatic heterocycles. The summed E-state index contributed by atoms with van der Waals surface area (Å²) in [4.78, 5) is 0. The van der Waals surface area contributed by atoms with Crippen LogP contribution in [-0.2, 0) is 0 Å². The summed E-state index contributed by atoms with van der Waals surface area (Å²) in [7, 11) is 0. The average molecular weight is 116 g/mol. The SMILES string of the molecule is CC(C)=C(CO)CO. The van der Waals surface area contributed by atoms with Crippen LogP contribution in [0.4, 0.5) is 0 Å². The highest BCUT2D eigenvalue weighted by molar-refractivity contribution is 5.09. The molecule has 0 rings (SSSR count). The molecule has 0 aromatic carbocycles. The third-order valence-electron chi connectivity index (χ3n) is 1.09. The zero-order chi connectivity index (χ0) is 6.57. The predicted molar refractivity (Wildman–Crippen MR) is 32.5 cm³/mol. The first kappa shape index (κ1) is 7.66. The van der Waals surface area contributed by atoms with E-state index in [4.69, 9.17) is 10.2 Å². The Morgan fingerprint density at radius 1 is 1.12 bits per heavy atom. The Labute approximate surface area is 49.5 Å². The van der Waals surface area contributed by atoms with E-state index < -0.39 is 0 Å². The molecule has 0 aliphatic rings. The third-order valence-corrected chi connectivity index (χ3v) is 1.09. The Hall–Kier alpha value is -0.340. The van der Waals surface area contributed by atoms with Crippen molar-refractivity contribution < 1.29 is 10.2 Å². The van der Waals surface area contributed by atoms with Gasteiger partial charge in [0.25, 0.3) is 0 Å². The van der Waals surface area contributed by atoms with E-state index in [-0.39, 0.29) is 13.2 Å². The van der Waals surface area contributed by atoms with E-state index in [2.05, 4.69) is 0 Å². The molecule has 0 aliphatic carbocycles. The van der Waals surface area contributed by atoms with Gasteiger partial charge in [0.2, 0.25) is 0 Å². The van der Waals surface area contributed by atoms with E-state index in [1.165, 1.54) is 0 Å². The van der Waals surface area contributed by atoms with Crippen molar-refractivity contribution in [2.24, 2.45) is 0 Å². The second kappa shape index (κ2) is 3.64. The number of hydrogen-bond donors (Lipinski definition) is 2. The Kier molecular flexibility index (Phi) is 3.48. The Bertz CT molecular complexity index is 84.7. The van der Waals surface area contributed by atoms with Gasteiger partial charge in [-0.2, -0.15) is 0 Å². The van der Waals surface area contributed by atoms with Gasteiger partial charge in [-0.1, -0.05) is 5.57 Å². The molecule has 0 unspecified atom stereocenters. The van der Waals surface area contributed by atoms with Crippen molar-refractivity contribution in [2.75, 3.05) is 13.2 Å². The normalized spacial score (nSPS) is 9.00. The predicted octanol–water partition coefficient (Wildman–Crippen LogP) is 0.307. The number of aliphatic hydroxyl groups is 2. The van der Waals surface area contributed by atoms with Crippen LogP contribution in [0.5, 0.6) is 0 Å². The van der Waals surface area contributed by atoms with Crippen molar-refractivity contribution in [3.8, 4) is 0 Å². The van der Waals surface area contributed by atoms with E-state index in [1.807, 2.05) is 13.8 Å². The maximum atomic E-state index is 8.48. The van der Waals surface area contributed by atoms with Crippen LogP contribution < -0.4 is 0 Å². The van der Waals surface area contributed by atoms with Crippen molar-refractivity contribution in [1.82, 2.24) is 0 Å². The van der Waals surface area contributed by atoms with Crippen molar-refractivity contribution in [3.63, 3.8) is 0 Å². The molecule has 2 N–H and O–H groups in total. The van der Waals surface area contributed by atoms with Crippen molar-refractivity contribution in [2.45, 2.75) is 13.8 Å². The molecule has 0 saturated heterocycles. The largest absolute Gasteiger partial charge is 0.392 e. The van der Waals surface area contributed by atoms with Crippen LogP contribution in [0.15, 0.2) is 11.1 Å². The van der Waals surface area contributed by atoms with Gasteiger partial charge in [0.15, 0.2) is 0 Å². The van der Waals surface area contributed by atoms with Crippen LogP contribution in [0.2, 0.25) is 0 Å². The second-order valence-corrected chi connectivity index (χ2v) is 1.92. The molecule has 8 heavy (non-hydrogen) atoms. The summed E-state index contributed by atoms with van der Waals surface area (Å²) >= 11 is 0. The van der Waals surface area contributed by atoms with Crippen LogP contribution in [0.25, 0.3) is 0 Å². The number of hydrogen-bond acceptors (Lipinski definition) is 2. The fourth-order valence-corrected chi connectivity index (χ4v) is 0.366. The summed E-state index contributed by atoms with van der Waals surface area (Å²) in [5.41, 5.74) is 1.71. The standard InChI is InChI=1S/C6H12O2/c1-5(2)6(3-7)4-8/h7-8H,3-4H2,1-2H3. The topological polar surface area (TPSA) is 40.5 Å². The molecule has 0 spiro atoms. The third kappa shape index (κ3) is 2.09. The summed E-state index contributed by atoms with van der Waals surface area (Å²) in [6, 6.07) is 0. The lowest BCUT2D eigenvalue weighted by atomic mass is 10.2. The summed E-state index contributed by atoms with van der Waals surface area (Å²) < 4.78 is 0. The van der Waals surface area contributed by atoms with E-state index in [0.717, 1.165) is 5.57 Å². The van der Waals surface area contributed by atoms with Crippen molar-refractivity contribution >= 4 is 0 Å². The first-order valence-corrected chi connectivity index (χ1v) is 2.59.